The van der Waals surface area contributed by atoms with Gasteiger partial charge in [-0.3, -0.25) is 4.98 Å². The third-order valence-electron chi connectivity index (χ3n) is 2.68. The molecule has 0 atom stereocenters. The highest BCUT2D eigenvalue weighted by molar-refractivity contribution is 7.98. The summed E-state index contributed by atoms with van der Waals surface area (Å²) in [7, 11) is 0. The summed E-state index contributed by atoms with van der Waals surface area (Å²) in [5, 5.41) is 3.35. The van der Waals surface area contributed by atoms with Crippen molar-refractivity contribution in [3.63, 3.8) is 0 Å². The number of nitrogens with zero attached hydrogens (tertiary/aromatic N) is 1. The molecular formula is C13H13N4S+. The molecule has 0 unspecified atom stereocenters. The predicted octanol–water partition coefficient (Wildman–Crippen LogP) is 2.84. The lowest BCUT2D eigenvalue weighted by Crippen LogP contribution is -1.98. The van der Waals surface area contributed by atoms with E-state index in [0.717, 1.165) is 22.5 Å². The minimum atomic E-state index is 0.860. The van der Waals surface area contributed by atoms with Gasteiger partial charge in [-0.1, -0.05) is 6.07 Å². The van der Waals surface area contributed by atoms with E-state index in [9.17, 15) is 0 Å². The molecule has 0 aliphatic carbocycles. The lowest BCUT2D eigenvalue weighted by Gasteiger charge is -2.05. The van der Waals surface area contributed by atoms with Gasteiger partial charge in [0.15, 0.2) is 11.8 Å². The first-order chi connectivity index (χ1) is 8.85. The van der Waals surface area contributed by atoms with Crippen molar-refractivity contribution in [2.24, 2.45) is 0 Å². The first-order valence-electron chi connectivity index (χ1n) is 5.61. The zero-order valence-electron chi connectivity index (χ0n) is 9.90. The third kappa shape index (κ3) is 2.17. The van der Waals surface area contributed by atoms with Crippen molar-refractivity contribution < 1.29 is 4.98 Å². The molecule has 90 valence electrons. The van der Waals surface area contributed by atoms with E-state index in [4.69, 9.17) is 0 Å². The van der Waals surface area contributed by atoms with Crippen LogP contribution in [0.15, 0.2) is 47.8 Å². The van der Waals surface area contributed by atoms with Gasteiger partial charge in [0.25, 0.3) is 5.65 Å². The molecule has 0 bridgehead atoms. The summed E-state index contributed by atoms with van der Waals surface area (Å²) < 4.78 is 0. The van der Waals surface area contributed by atoms with E-state index in [1.54, 1.807) is 18.1 Å². The lowest BCUT2D eigenvalue weighted by molar-refractivity contribution is -0.347. The van der Waals surface area contributed by atoms with E-state index in [1.807, 2.05) is 24.4 Å². The molecule has 3 aromatic rings. The highest BCUT2D eigenvalue weighted by Gasteiger charge is 2.05. The molecule has 0 saturated heterocycles. The van der Waals surface area contributed by atoms with Crippen LogP contribution in [-0.2, 0) is 0 Å². The number of anilines is 2. The second-order valence-corrected chi connectivity index (χ2v) is 4.79. The molecule has 4 nitrogen and oxygen atoms in total. The first-order valence-corrected chi connectivity index (χ1v) is 6.83. The molecular weight excluding hydrogens is 244 g/mol. The van der Waals surface area contributed by atoms with Crippen molar-refractivity contribution in [2.75, 3.05) is 11.6 Å². The van der Waals surface area contributed by atoms with E-state index in [1.165, 1.54) is 4.90 Å². The van der Waals surface area contributed by atoms with Crippen LogP contribution in [-0.4, -0.2) is 16.2 Å². The Morgan fingerprint density at radius 3 is 3.11 bits per heavy atom. The molecule has 3 N–H and O–H groups in total. The number of aromatic nitrogens is 3. The second kappa shape index (κ2) is 4.70. The number of hydrogen-bond donors (Lipinski definition) is 2. The number of aromatic amines is 2. The zero-order chi connectivity index (χ0) is 12.4. The largest absolute Gasteiger partial charge is 0.353 e. The quantitative estimate of drug-likeness (QED) is 0.709. The predicted molar refractivity (Wildman–Crippen MR) is 74.2 cm³/mol. The fraction of sp³-hybridized carbons (Fsp3) is 0.0769. The average molecular weight is 257 g/mol. The number of thioether (sulfide) groups is 1. The van der Waals surface area contributed by atoms with Gasteiger partial charge in [0.1, 0.15) is 6.20 Å². The molecule has 0 amide bonds. The smallest absolute Gasteiger partial charge is 0.299 e. The second-order valence-electron chi connectivity index (χ2n) is 3.91. The van der Waals surface area contributed by atoms with Crippen molar-refractivity contribution in [2.45, 2.75) is 4.90 Å². The van der Waals surface area contributed by atoms with Crippen LogP contribution in [0.3, 0.4) is 0 Å². The van der Waals surface area contributed by atoms with Crippen LogP contribution >= 0.6 is 11.8 Å². The van der Waals surface area contributed by atoms with Crippen molar-refractivity contribution >= 4 is 34.3 Å². The molecule has 0 spiro atoms. The zero-order valence-corrected chi connectivity index (χ0v) is 10.7. The maximum Gasteiger partial charge on any atom is 0.299 e. The van der Waals surface area contributed by atoms with Gasteiger partial charge in [-0.25, -0.2) is 4.98 Å². The number of nitrogens with one attached hydrogen (secondary N) is 3. The maximum atomic E-state index is 4.33. The molecule has 0 saturated carbocycles. The number of pyridine rings is 1. The van der Waals surface area contributed by atoms with Crippen LogP contribution in [0, 0.1) is 0 Å². The van der Waals surface area contributed by atoms with Crippen molar-refractivity contribution in [1.82, 2.24) is 9.97 Å². The number of benzene rings is 1. The molecule has 2 heterocycles. The highest BCUT2D eigenvalue weighted by atomic mass is 32.2. The van der Waals surface area contributed by atoms with Gasteiger partial charge in [0.2, 0.25) is 0 Å². The van der Waals surface area contributed by atoms with Crippen LogP contribution < -0.4 is 10.3 Å². The van der Waals surface area contributed by atoms with Crippen LogP contribution in [0.5, 0.6) is 0 Å². The van der Waals surface area contributed by atoms with Crippen molar-refractivity contribution in [1.29, 1.82) is 0 Å². The maximum absolute atomic E-state index is 4.33. The van der Waals surface area contributed by atoms with Crippen molar-refractivity contribution in [3.8, 4) is 0 Å². The van der Waals surface area contributed by atoms with Gasteiger partial charge in [0.05, 0.1) is 5.69 Å². The Labute approximate surface area is 109 Å². The average Bonchev–Trinajstić information content (AvgIpc) is 2.86. The van der Waals surface area contributed by atoms with E-state index >= 15 is 0 Å². The summed E-state index contributed by atoms with van der Waals surface area (Å²) in [6, 6.07) is 10.3. The molecule has 0 aliphatic rings. The fourth-order valence-corrected chi connectivity index (χ4v) is 2.27. The number of fused-ring (bicyclic) bond motifs is 1. The minimum absolute atomic E-state index is 0.860. The Kier molecular flexibility index (Phi) is 2.90. The molecule has 0 aliphatic heterocycles. The Balaban J connectivity index is 1.90. The van der Waals surface area contributed by atoms with Crippen LogP contribution in [0.1, 0.15) is 0 Å². The number of H-pyrrole nitrogens is 2. The van der Waals surface area contributed by atoms with Crippen LogP contribution in [0.4, 0.5) is 11.4 Å². The topological polar surface area (TPSA) is 54.9 Å². The molecule has 3 rings (SSSR count). The van der Waals surface area contributed by atoms with Gasteiger partial charge in [-0.05, 0) is 24.5 Å². The molecule has 1 aromatic carbocycles. The van der Waals surface area contributed by atoms with Gasteiger partial charge in [0, 0.05) is 16.6 Å². The summed E-state index contributed by atoms with van der Waals surface area (Å²) in [4.78, 5) is 11.7. The van der Waals surface area contributed by atoms with Gasteiger partial charge >= 0.3 is 0 Å². The number of imidazole rings is 1. The van der Waals surface area contributed by atoms with Gasteiger partial charge in [-0.15, -0.1) is 16.7 Å². The van der Waals surface area contributed by atoms with Crippen LogP contribution in [0.2, 0.25) is 0 Å². The van der Waals surface area contributed by atoms with Crippen LogP contribution in [0.25, 0.3) is 11.2 Å². The van der Waals surface area contributed by atoms with Gasteiger partial charge < -0.3 is 5.32 Å². The molecule has 0 fully saturated rings. The molecule has 18 heavy (non-hydrogen) atoms. The summed E-state index contributed by atoms with van der Waals surface area (Å²) in [6.07, 6.45) is 5.66. The normalized spacial score (nSPS) is 10.7. The summed E-state index contributed by atoms with van der Waals surface area (Å²) in [5.41, 5.74) is 3.88. The SMILES string of the molecule is CSc1cccc(Nc2cnc3[nH+]c[nH]c3c2)c1. The third-order valence-corrected chi connectivity index (χ3v) is 3.41. The summed E-state index contributed by atoms with van der Waals surface area (Å²) in [6.45, 7) is 0. The molecule has 2 aromatic heterocycles. The standard InChI is InChI=1S/C13H12N4S/c1-18-11-4-2-3-9(5-11)17-10-6-12-13(14-7-10)16-8-15-12/h2-8,17H,1H3,(H,14,15,16)/p+1. The Bertz CT molecular complexity index is 677. The van der Waals surface area contributed by atoms with E-state index < -0.39 is 0 Å². The number of hydrogen-bond acceptors (Lipinski definition) is 3. The first kappa shape index (κ1) is 11.1. The summed E-state index contributed by atoms with van der Waals surface area (Å²) in [5.74, 6) is 0. The highest BCUT2D eigenvalue weighted by Crippen LogP contribution is 2.22. The van der Waals surface area contributed by atoms with E-state index in [0.29, 0.717) is 0 Å². The number of rotatable bonds is 3. The summed E-state index contributed by atoms with van der Waals surface area (Å²) >= 11 is 1.73. The van der Waals surface area contributed by atoms with Crippen molar-refractivity contribution in [3.05, 3.63) is 42.9 Å². The Morgan fingerprint density at radius 2 is 2.22 bits per heavy atom. The molecule has 0 radical (unpaired) electrons. The molecule has 5 heteroatoms. The monoisotopic (exact) mass is 257 g/mol. The van der Waals surface area contributed by atoms with E-state index in [2.05, 4.69) is 38.7 Å². The fourth-order valence-electron chi connectivity index (χ4n) is 1.81. The minimum Gasteiger partial charge on any atom is -0.353 e. The Morgan fingerprint density at radius 1 is 1.28 bits per heavy atom. The lowest BCUT2D eigenvalue weighted by atomic mass is 10.3. The Hall–Kier alpha value is -2.01. The van der Waals surface area contributed by atoms with Gasteiger partial charge in [-0.2, -0.15) is 0 Å². The van der Waals surface area contributed by atoms with E-state index in [-0.39, 0.29) is 0 Å².